The fraction of sp³-hybridized carbons (Fsp3) is 0.556. The van der Waals surface area contributed by atoms with E-state index in [4.69, 9.17) is 4.74 Å². The predicted molar refractivity (Wildman–Crippen MR) is 87.8 cm³/mol. The second kappa shape index (κ2) is 7.91. The van der Waals surface area contributed by atoms with Gasteiger partial charge in [-0.15, -0.1) is 0 Å². The van der Waals surface area contributed by atoms with Crippen LogP contribution in [0.2, 0.25) is 0 Å². The number of carbonyl (C=O) groups is 2. The average Bonchev–Trinajstić information content (AvgIpc) is 2.65. The standard InChI is InChI=1S/C18H22F2N2O3/c19-15-6-5-14(11-16(15)20)21-17(23)12-1-3-13(4-2-12)18(24)22-7-9-25-10-8-22/h5-6,11-13H,1-4,7-10H2,(H,21,23). The summed E-state index contributed by atoms with van der Waals surface area (Å²) in [5, 5.41) is 2.63. The lowest BCUT2D eigenvalue weighted by Gasteiger charge is -2.33. The maximum Gasteiger partial charge on any atom is 0.227 e. The molecule has 0 atom stereocenters. The minimum absolute atomic E-state index is 0.0367. The minimum Gasteiger partial charge on any atom is -0.378 e. The Labute approximate surface area is 145 Å². The molecule has 0 aromatic heterocycles. The van der Waals surface area contributed by atoms with E-state index in [1.54, 1.807) is 0 Å². The number of morpholine rings is 1. The zero-order valence-corrected chi connectivity index (χ0v) is 14.0. The van der Waals surface area contributed by atoms with Crippen LogP contribution in [0.25, 0.3) is 0 Å². The lowest BCUT2D eigenvalue weighted by atomic mass is 9.81. The monoisotopic (exact) mass is 352 g/mol. The van der Waals surface area contributed by atoms with Gasteiger partial charge < -0.3 is 15.0 Å². The summed E-state index contributed by atoms with van der Waals surface area (Å²) in [5.74, 6) is -2.23. The molecule has 0 radical (unpaired) electrons. The molecule has 2 amide bonds. The SMILES string of the molecule is O=C(Nc1ccc(F)c(F)c1)C1CCC(C(=O)N2CCOCC2)CC1. The molecule has 0 spiro atoms. The molecule has 1 saturated carbocycles. The first-order valence-corrected chi connectivity index (χ1v) is 8.67. The third kappa shape index (κ3) is 4.34. The number of benzene rings is 1. The van der Waals surface area contributed by atoms with Crippen LogP contribution in [0.1, 0.15) is 25.7 Å². The Hall–Kier alpha value is -2.02. The van der Waals surface area contributed by atoms with E-state index in [0.29, 0.717) is 52.0 Å². The second-order valence-corrected chi connectivity index (χ2v) is 6.60. The number of nitrogens with zero attached hydrogens (tertiary/aromatic N) is 1. The van der Waals surface area contributed by atoms with E-state index in [1.807, 2.05) is 4.90 Å². The molecule has 25 heavy (non-hydrogen) atoms. The van der Waals surface area contributed by atoms with Crippen LogP contribution < -0.4 is 5.32 Å². The van der Waals surface area contributed by atoms with E-state index in [-0.39, 0.29) is 29.3 Å². The molecule has 1 saturated heterocycles. The summed E-state index contributed by atoms with van der Waals surface area (Å²) in [7, 11) is 0. The van der Waals surface area contributed by atoms with Gasteiger partial charge in [0.15, 0.2) is 11.6 Å². The Morgan fingerprint density at radius 2 is 1.64 bits per heavy atom. The average molecular weight is 352 g/mol. The largest absolute Gasteiger partial charge is 0.378 e. The van der Waals surface area contributed by atoms with Crippen molar-refractivity contribution < 1.29 is 23.1 Å². The normalized spacial score (nSPS) is 24.0. The molecule has 0 bridgehead atoms. The zero-order chi connectivity index (χ0) is 17.8. The van der Waals surface area contributed by atoms with Crippen LogP contribution in [0.15, 0.2) is 18.2 Å². The van der Waals surface area contributed by atoms with Gasteiger partial charge in [0, 0.05) is 36.7 Å². The van der Waals surface area contributed by atoms with Crippen molar-refractivity contribution in [2.45, 2.75) is 25.7 Å². The number of rotatable bonds is 3. The highest BCUT2D eigenvalue weighted by Gasteiger charge is 2.32. The van der Waals surface area contributed by atoms with E-state index in [1.165, 1.54) is 6.07 Å². The summed E-state index contributed by atoms with van der Waals surface area (Å²) >= 11 is 0. The topological polar surface area (TPSA) is 58.6 Å². The number of hydrogen-bond acceptors (Lipinski definition) is 3. The van der Waals surface area contributed by atoms with Crippen molar-refractivity contribution in [3.63, 3.8) is 0 Å². The molecule has 7 heteroatoms. The highest BCUT2D eigenvalue weighted by Crippen LogP contribution is 2.31. The van der Waals surface area contributed by atoms with Crippen molar-refractivity contribution in [2.75, 3.05) is 31.6 Å². The third-order valence-electron chi connectivity index (χ3n) is 4.96. The van der Waals surface area contributed by atoms with Crippen LogP contribution in [-0.2, 0) is 14.3 Å². The Morgan fingerprint density at radius 1 is 1.00 bits per heavy atom. The van der Waals surface area contributed by atoms with E-state index >= 15 is 0 Å². The van der Waals surface area contributed by atoms with Gasteiger partial charge >= 0.3 is 0 Å². The lowest BCUT2D eigenvalue weighted by Crippen LogP contribution is -2.44. The number of nitrogens with one attached hydrogen (secondary N) is 1. The van der Waals surface area contributed by atoms with E-state index in [9.17, 15) is 18.4 Å². The first-order valence-electron chi connectivity index (χ1n) is 8.67. The third-order valence-corrected chi connectivity index (χ3v) is 4.96. The quantitative estimate of drug-likeness (QED) is 0.910. The predicted octanol–water partition coefficient (Wildman–Crippen LogP) is 2.57. The van der Waals surface area contributed by atoms with Gasteiger partial charge in [-0.3, -0.25) is 9.59 Å². The molecule has 1 aromatic carbocycles. The summed E-state index contributed by atoms with van der Waals surface area (Å²) in [6.07, 6.45) is 2.59. The van der Waals surface area contributed by atoms with Crippen molar-refractivity contribution in [2.24, 2.45) is 11.8 Å². The van der Waals surface area contributed by atoms with Gasteiger partial charge in [0.25, 0.3) is 0 Å². The van der Waals surface area contributed by atoms with Crippen LogP contribution >= 0.6 is 0 Å². The molecule has 1 N–H and O–H groups in total. The van der Waals surface area contributed by atoms with Crippen molar-refractivity contribution in [3.8, 4) is 0 Å². The van der Waals surface area contributed by atoms with Gasteiger partial charge in [-0.05, 0) is 37.8 Å². The minimum atomic E-state index is -0.988. The summed E-state index contributed by atoms with van der Waals surface area (Å²) < 4.78 is 31.4. The van der Waals surface area contributed by atoms with E-state index < -0.39 is 11.6 Å². The molecule has 1 aliphatic heterocycles. The van der Waals surface area contributed by atoms with Gasteiger partial charge in [0.05, 0.1) is 13.2 Å². The Bertz CT molecular complexity index is 639. The Kier molecular flexibility index (Phi) is 5.63. The molecule has 1 aromatic rings. The van der Waals surface area contributed by atoms with Crippen molar-refractivity contribution in [1.82, 2.24) is 4.90 Å². The maximum absolute atomic E-state index is 13.2. The molecule has 1 heterocycles. The van der Waals surface area contributed by atoms with Crippen LogP contribution in [0.5, 0.6) is 0 Å². The zero-order valence-electron chi connectivity index (χ0n) is 14.0. The molecular formula is C18H22F2N2O3. The van der Waals surface area contributed by atoms with Gasteiger partial charge in [0.2, 0.25) is 11.8 Å². The summed E-state index contributed by atoms with van der Waals surface area (Å²) in [6, 6.07) is 3.30. The lowest BCUT2D eigenvalue weighted by molar-refractivity contribution is -0.141. The molecule has 2 fully saturated rings. The highest BCUT2D eigenvalue weighted by molar-refractivity contribution is 5.92. The Morgan fingerprint density at radius 3 is 2.28 bits per heavy atom. The number of hydrogen-bond donors (Lipinski definition) is 1. The number of anilines is 1. The van der Waals surface area contributed by atoms with Gasteiger partial charge in [-0.25, -0.2) is 8.78 Å². The van der Waals surface area contributed by atoms with Gasteiger partial charge in [-0.1, -0.05) is 0 Å². The van der Waals surface area contributed by atoms with Gasteiger partial charge in [0.1, 0.15) is 0 Å². The molecule has 3 rings (SSSR count). The molecular weight excluding hydrogens is 330 g/mol. The fourth-order valence-electron chi connectivity index (χ4n) is 3.46. The van der Waals surface area contributed by atoms with Crippen LogP contribution in [-0.4, -0.2) is 43.0 Å². The van der Waals surface area contributed by atoms with E-state index in [0.717, 1.165) is 12.1 Å². The number of ether oxygens (including phenoxy) is 1. The van der Waals surface area contributed by atoms with Crippen LogP contribution in [0.3, 0.4) is 0 Å². The molecule has 1 aliphatic carbocycles. The first-order chi connectivity index (χ1) is 12.0. The summed E-state index contributed by atoms with van der Waals surface area (Å²) in [6.45, 7) is 2.43. The molecule has 0 unspecified atom stereocenters. The number of amides is 2. The summed E-state index contributed by atoms with van der Waals surface area (Å²) in [5.41, 5.74) is 0.246. The fourth-order valence-corrected chi connectivity index (χ4v) is 3.46. The van der Waals surface area contributed by atoms with E-state index in [2.05, 4.69) is 5.32 Å². The second-order valence-electron chi connectivity index (χ2n) is 6.60. The van der Waals surface area contributed by atoms with Crippen molar-refractivity contribution in [3.05, 3.63) is 29.8 Å². The van der Waals surface area contributed by atoms with Gasteiger partial charge in [-0.2, -0.15) is 0 Å². The number of halogens is 2. The van der Waals surface area contributed by atoms with Crippen LogP contribution in [0.4, 0.5) is 14.5 Å². The first kappa shape index (κ1) is 17.8. The Balaban J connectivity index is 1.50. The highest BCUT2D eigenvalue weighted by atomic mass is 19.2. The van der Waals surface area contributed by atoms with Crippen molar-refractivity contribution in [1.29, 1.82) is 0 Å². The smallest absolute Gasteiger partial charge is 0.227 e. The maximum atomic E-state index is 13.2. The van der Waals surface area contributed by atoms with Crippen LogP contribution in [0, 0.1) is 23.5 Å². The number of carbonyl (C=O) groups excluding carboxylic acids is 2. The molecule has 136 valence electrons. The van der Waals surface area contributed by atoms with Crippen molar-refractivity contribution >= 4 is 17.5 Å². The molecule has 5 nitrogen and oxygen atoms in total. The molecule has 2 aliphatic rings. The summed E-state index contributed by atoms with van der Waals surface area (Å²) in [4.78, 5) is 26.6.